The van der Waals surface area contributed by atoms with Gasteiger partial charge in [-0.3, -0.25) is 0 Å². The zero-order valence-electron chi connectivity index (χ0n) is 15.0. The summed E-state index contributed by atoms with van der Waals surface area (Å²) in [4.78, 5) is 13.7. The molecule has 0 bridgehead atoms. The molecular formula is C20H22N2O3S2. The number of carbonyl (C=O) groups is 1. The van der Waals surface area contributed by atoms with Crippen molar-refractivity contribution in [3.8, 4) is 0 Å². The molecule has 0 unspecified atom stereocenters. The van der Waals surface area contributed by atoms with Crippen LogP contribution in [0.25, 0.3) is 0 Å². The van der Waals surface area contributed by atoms with E-state index in [0.717, 1.165) is 20.5 Å². The Hall–Kier alpha value is -2.25. The first-order chi connectivity index (χ1) is 12.9. The van der Waals surface area contributed by atoms with Crippen molar-refractivity contribution in [3.05, 3.63) is 72.8 Å². The van der Waals surface area contributed by atoms with E-state index in [4.69, 9.17) is 0 Å². The highest BCUT2D eigenvalue weighted by Crippen LogP contribution is 2.28. The van der Waals surface area contributed by atoms with E-state index >= 15 is 0 Å². The molecule has 1 saturated heterocycles. The molecule has 1 aliphatic heterocycles. The molecule has 2 aromatic carbocycles. The zero-order valence-corrected chi connectivity index (χ0v) is 16.7. The van der Waals surface area contributed by atoms with Crippen LogP contribution in [-0.2, 0) is 10.0 Å². The fourth-order valence-electron chi connectivity index (χ4n) is 3.02. The second-order valence-corrected chi connectivity index (χ2v) is 9.33. The number of urea groups is 1. The predicted octanol–water partition coefficient (Wildman–Crippen LogP) is 3.81. The summed E-state index contributed by atoms with van der Waals surface area (Å²) in [6, 6.07) is 14.9. The van der Waals surface area contributed by atoms with E-state index < -0.39 is 22.1 Å². The topological polar surface area (TPSA) is 66.5 Å². The van der Waals surface area contributed by atoms with Crippen LogP contribution in [0.4, 0.5) is 4.79 Å². The lowest BCUT2D eigenvalue weighted by atomic mass is 10.1. The Morgan fingerprint density at radius 3 is 2.44 bits per heavy atom. The molecule has 142 valence electrons. The zero-order chi connectivity index (χ0) is 19.4. The number of hydrogen-bond donors (Lipinski definition) is 1. The Balaban J connectivity index is 1.74. The maximum Gasteiger partial charge on any atom is 0.332 e. The average molecular weight is 403 g/mol. The molecule has 2 atom stereocenters. The molecule has 3 rings (SSSR count). The highest BCUT2D eigenvalue weighted by atomic mass is 32.2. The molecule has 0 aliphatic carbocycles. The molecule has 1 N–H and O–H groups in total. The number of sulfonamides is 1. The van der Waals surface area contributed by atoms with Crippen LogP contribution in [0.15, 0.2) is 77.0 Å². The van der Waals surface area contributed by atoms with Crippen molar-refractivity contribution in [2.24, 2.45) is 0 Å². The maximum atomic E-state index is 13.0. The van der Waals surface area contributed by atoms with E-state index in [-0.39, 0.29) is 10.9 Å². The molecule has 7 heteroatoms. The molecule has 1 fully saturated rings. The van der Waals surface area contributed by atoms with Crippen molar-refractivity contribution in [2.45, 2.75) is 35.2 Å². The Morgan fingerprint density at radius 1 is 1.15 bits per heavy atom. The number of hydrogen-bond acceptors (Lipinski definition) is 4. The molecule has 0 aromatic heterocycles. The standard InChI is InChI=1S/C20H22N2O3S2/c1-3-19-18(13-14-26-16-7-5-4-6-8-16)21-20(23)22(19)27(24,25)17-11-9-15(2)10-12-17/h3-12,18-19H,1,13-14H2,2H3,(H,21,23)/t18-,19-/m1/s1. The first-order valence-electron chi connectivity index (χ1n) is 8.65. The lowest BCUT2D eigenvalue weighted by Gasteiger charge is -2.23. The monoisotopic (exact) mass is 402 g/mol. The van der Waals surface area contributed by atoms with E-state index in [2.05, 4.69) is 11.9 Å². The Kier molecular flexibility index (Phi) is 5.92. The Bertz CT molecular complexity index is 912. The van der Waals surface area contributed by atoms with Gasteiger partial charge in [0.05, 0.1) is 17.0 Å². The third-order valence-corrected chi connectivity index (χ3v) is 7.29. The molecule has 2 aromatic rings. The van der Waals surface area contributed by atoms with Crippen LogP contribution in [0, 0.1) is 6.92 Å². The van der Waals surface area contributed by atoms with Crippen molar-refractivity contribution in [1.82, 2.24) is 9.62 Å². The van der Waals surface area contributed by atoms with Gasteiger partial charge in [0.25, 0.3) is 10.0 Å². The highest BCUT2D eigenvalue weighted by molar-refractivity contribution is 7.99. The van der Waals surface area contributed by atoms with Gasteiger partial charge in [-0.1, -0.05) is 42.0 Å². The van der Waals surface area contributed by atoms with Gasteiger partial charge in [-0.15, -0.1) is 18.3 Å². The van der Waals surface area contributed by atoms with E-state index in [9.17, 15) is 13.2 Å². The van der Waals surface area contributed by atoms with Crippen LogP contribution < -0.4 is 5.32 Å². The minimum Gasteiger partial charge on any atom is -0.332 e. The summed E-state index contributed by atoms with van der Waals surface area (Å²) >= 11 is 1.67. The Labute approximate surface area is 164 Å². The number of nitrogens with zero attached hydrogens (tertiary/aromatic N) is 1. The van der Waals surface area contributed by atoms with E-state index in [1.165, 1.54) is 18.2 Å². The van der Waals surface area contributed by atoms with E-state index in [1.54, 1.807) is 23.9 Å². The van der Waals surface area contributed by atoms with Crippen LogP contribution in [0.2, 0.25) is 0 Å². The number of aryl methyl sites for hydroxylation is 1. The fraction of sp³-hybridized carbons (Fsp3) is 0.250. The molecule has 1 aliphatic rings. The normalized spacial score (nSPS) is 19.7. The van der Waals surface area contributed by atoms with Gasteiger partial charge in [-0.25, -0.2) is 17.5 Å². The van der Waals surface area contributed by atoms with E-state index in [0.29, 0.717) is 6.42 Å². The Morgan fingerprint density at radius 2 is 1.81 bits per heavy atom. The largest absolute Gasteiger partial charge is 0.332 e. The highest BCUT2D eigenvalue weighted by Gasteiger charge is 2.44. The van der Waals surface area contributed by atoms with Gasteiger partial charge < -0.3 is 5.32 Å². The van der Waals surface area contributed by atoms with Crippen molar-refractivity contribution in [3.63, 3.8) is 0 Å². The summed E-state index contributed by atoms with van der Waals surface area (Å²) in [6.07, 6.45) is 2.17. The van der Waals surface area contributed by atoms with Crippen LogP contribution >= 0.6 is 11.8 Å². The number of benzene rings is 2. The predicted molar refractivity (Wildman–Crippen MR) is 108 cm³/mol. The van der Waals surface area contributed by atoms with Crippen LogP contribution in [0.1, 0.15) is 12.0 Å². The van der Waals surface area contributed by atoms with E-state index in [1.807, 2.05) is 37.3 Å². The number of rotatable bonds is 7. The van der Waals surface area contributed by atoms with Crippen molar-refractivity contribution >= 4 is 27.8 Å². The SMILES string of the molecule is C=C[C@@H]1[C@@H](CCSc2ccccc2)NC(=O)N1S(=O)(=O)c1ccc(C)cc1. The van der Waals surface area contributed by atoms with Crippen molar-refractivity contribution < 1.29 is 13.2 Å². The lowest BCUT2D eigenvalue weighted by Crippen LogP contribution is -2.40. The van der Waals surface area contributed by atoms with Crippen LogP contribution in [0.5, 0.6) is 0 Å². The van der Waals surface area contributed by atoms with Gasteiger partial charge in [0, 0.05) is 10.6 Å². The van der Waals surface area contributed by atoms with Crippen molar-refractivity contribution in [2.75, 3.05) is 5.75 Å². The summed E-state index contributed by atoms with van der Waals surface area (Å²) in [6.45, 7) is 5.64. The molecule has 1 heterocycles. The summed E-state index contributed by atoms with van der Waals surface area (Å²) in [5, 5.41) is 2.80. The average Bonchev–Trinajstić information content (AvgIpc) is 2.99. The first kappa shape index (κ1) is 19.5. The third-order valence-electron chi connectivity index (χ3n) is 4.45. The first-order valence-corrected chi connectivity index (χ1v) is 11.1. The van der Waals surface area contributed by atoms with Crippen molar-refractivity contribution in [1.29, 1.82) is 0 Å². The molecular weight excluding hydrogens is 380 g/mol. The summed E-state index contributed by atoms with van der Waals surface area (Å²) in [5.74, 6) is 0.762. The number of amides is 2. The minimum atomic E-state index is -3.93. The molecule has 0 saturated carbocycles. The minimum absolute atomic E-state index is 0.106. The van der Waals surface area contributed by atoms with Gasteiger partial charge in [0.1, 0.15) is 0 Å². The third kappa shape index (κ3) is 4.20. The fourth-order valence-corrected chi connectivity index (χ4v) is 5.51. The molecule has 5 nitrogen and oxygen atoms in total. The van der Waals surface area contributed by atoms with Gasteiger partial charge in [0.15, 0.2) is 0 Å². The number of carbonyl (C=O) groups excluding carboxylic acids is 1. The second kappa shape index (κ2) is 8.19. The molecule has 0 radical (unpaired) electrons. The van der Waals surface area contributed by atoms with Gasteiger partial charge >= 0.3 is 6.03 Å². The maximum absolute atomic E-state index is 13.0. The van der Waals surface area contributed by atoms with Gasteiger partial charge in [-0.2, -0.15) is 0 Å². The second-order valence-electron chi connectivity index (χ2n) is 6.35. The summed E-state index contributed by atoms with van der Waals surface area (Å²) < 4.78 is 26.9. The molecule has 0 spiro atoms. The number of nitrogens with one attached hydrogen (secondary N) is 1. The van der Waals surface area contributed by atoms with Gasteiger partial charge in [-0.05, 0) is 37.6 Å². The van der Waals surface area contributed by atoms with Crippen LogP contribution in [0.3, 0.4) is 0 Å². The molecule has 27 heavy (non-hydrogen) atoms. The summed E-state index contributed by atoms with van der Waals surface area (Å²) in [7, 11) is -3.93. The molecule has 2 amide bonds. The quantitative estimate of drug-likeness (QED) is 0.565. The summed E-state index contributed by atoms with van der Waals surface area (Å²) in [5.41, 5.74) is 0.955. The number of thioether (sulfide) groups is 1. The smallest absolute Gasteiger partial charge is 0.332 e. The lowest BCUT2D eigenvalue weighted by molar-refractivity contribution is 0.233. The van der Waals surface area contributed by atoms with Gasteiger partial charge in [0.2, 0.25) is 0 Å². The van der Waals surface area contributed by atoms with Crippen LogP contribution in [-0.4, -0.2) is 36.6 Å².